The lowest BCUT2D eigenvalue weighted by molar-refractivity contribution is 0.401. The van der Waals surface area contributed by atoms with E-state index in [1.54, 1.807) is 4.57 Å². The van der Waals surface area contributed by atoms with Crippen LogP contribution < -0.4 is 4.74 Å². The Balaban J connectivity index is 2.13. The highest BCUT2D eigenvalue weighted by atomic mass is 32.1. The predicted octanol–water partition coefficient (Wildman–Crippen LogP) is 2.82. The van der Waals surface area contributed by atoms with Crippen LogP contribution in [-0.4, -0.2) is 26.6 Å². The molecule has 0 aliphatic rings. The lowest BCUT2D eigenvalue weighted by atomic mass is 10.2. The normalized spacial score (nSPS) is 11.0. The molecule has 8 heteroatoms. The van der Waals surface area contributed by atoms with Crippen molar-refractivity contribution in [3.8, 4) is 5.88 Å². The van der Waals surface area contributed by atoms with Crippen LogP contribution in [0.3, 0.4) is 0 Å². The average molecular weight is 308 g/mol. The number of aromatic amines is 1. The Hall–Kier alpha value is -2.35. The van der Waals surface area contributed by atoms with Gasteiger partial charge in [-0.1, -0.05) is 6.07 Å². The van der Waals surface area contributed by atoms with Crippen molar-refractivity contribution in [2.45, 2.75) is 6.54 Å². The first-order valence-corrected chi connectivity index (χ1v) is 6.42. The topological polar surface area (TPSA) is 55.7 Å². The first-order chi connectivity index (χ1) is 10.1. The van der Waals surface area contributed by atoms with Crippen molar-refractivity contribution in [1.82, 2.24) is 19.5 Å². The summed E-state index contributed by atoms with van der Waals surface area (Å²) in [4.78, 5) is 11.0. The molecule has 0 radical (unpaired) electrons. The molecule has 0 unspecified atom stereocenters. The van der Waals surface area contributed by atoms with E-state index in [0.717, 1.165) is 6.07 Å². The number of hydrogen-bond donors (Lipinski definition) is 1. The number of aromatic nitrogens is 4. The fourth-order valence-electron chi connectivity index (χ4n) is 2.07. The molecular weight excluding hydrogens is 298 g/mol. The summed E-state index contributed by atoms with van der Waals surface area (Å²) >= 11 is 5.22. The summed E-state index contributed by atoms with van der Waals surface area (Å²) in [6.07, 6.45) is 1.33. The van der Waals surface area contributed by atoms with Gasteiger partial charge in [0.25, 0.3) is 0 Å². The maximum absolute atomic E-state index is 13.8. The minimum absolute atomic E-state index is 0.130. The molecule has 0 saturated carbocycles. The highest BCUT2D eigenvalue weighted by molar-refractivity contribution is 7.71. The maximum Gasteiger partial charge on any atom is 0.242 e. The minimum Gasteiger partial charge on any atom is -0.479 e. The first-order valence-electron chi connectivity index (χ1n) is 6.01. The van der Waals surface area contributed by atoms with Gasteiger partial charge < -0.3 is 9.72 Å². The number of nitrogens with zero attached hydrogens (tertiary/aromatic N) is 3. The van der Waals surface area contributed by atoms with E-state index in [0.29, 0.717) is 27.4 Å². The second-order valence-corrected chi connectivity index (χ2v) is 4.72. The third-order valence-corrected chi connectivity index (χ3v) is 3.38. The van der Waals surface area contributed by atoms with Crippen LogP contribution in [0.5, 0.6) is 5.88 Å². The maximum atomic E-state index is 13.8. The summed E-state index contributed by atoms with van der Waals surface area (Å²) in [6.45, 7) is 0.130. The Morgan fingerprint density at radius 3 is 2.86 bits per heavy atom. The number of H-pyrrole nitrogens is 1. The van der Waals surface area contributed by atoms with Crippen LogP contribution >= 0.6 is 12.2 Å². The van der Waals surface area contributed by atoms with Crippen molar-refractivity contribution in [3.63, 3.8) is 0 Å². The van der Waals surface area contributed by atoms with E-state index in [9.17, 15) is 8.78 Å². The monoisotopic (exact) mass is 308 g/mol. The zero-order valence-corrected chi connectivity index (χ0v) is 11.7. The number of ether oxygens (including phenoxy) is 1. The Morgan fingerprint density at radius 2 is 2.14 bits per heavy atom. The van der Waals surface area contributed by atoms with Crippen molar-refractivity contribution >= 4 is 23.4 Å². The Kier molecular flexibility index (Phi) is 3.38. The molecule has 2 heterocycles. The molecule has 0 atom stereocenters. The van der Waals surface area contributed by atoms with Crippen molar-refractivity contribution in [2.75, 3.05) is 7.11 Å². The van der Waals surface area contributed by atoms with Crippen LogP contribution in [0, 0.1) is 16.4 Å². The zero-order chi connectivity index (χ0) is 15.0. The Bertz CT molecular complexity index is 874. The second kappa shape index (κ2) is 5.21. The smallest absolute Gasteiger partial charge is 0.242 e. The van der Waals surface area contributed by atoms with Crippen LogP contribution in [0.1, 0.15) is 5.56 Å². The molecule has 2 aromatic heterocycles. The number of rotatable bonds is 3. The van der Waals surface area contributed by atoms with Crippen molar-refractivity contribution in [1.29, 1.82) is 0 Å². The molecule has 0 aliphatic carbocycles. The average Bonchev–Trinajstić information content (AvgIpc) is 2.78. The number of benzene rings is 1. The van der Waals surface area contributed by atoms with E-state index in [4.69, 9.17) is 17.0 Å². The zero-order valence-electron chi connectivity index (χ0n) is 10.9. The SMILES string of the molecule is COc1ncnc2c1[nH]c(=S)n2Cc1ccc(F)cc1F. The molecule has 5 nitrogen and oxygen atoms in total. The van der Waals surface area contributed by atoms with Crippen molar-refractivity contribution in [2.24, 2.45) is 0 Å². The summed E-state index contributed by atoms with van der Waals surface area (Å²) in [5.74, 6) is -0.903. The van der Waals surface area contributed by atoms with E-state index >= 15 is 0 Å². The van der Waals surface area contributed by atoms with Gasteiger partial charge in [0.05, 0.1) is 13.7 Å². The Morgan fingerprint density at radius 1 is 1.33 bits per heavy atom. The van der Waals surface area contributed by atoms with Gasteiger partial charge in [-0.3, -0.25) is 4.57 Å². The lowest BCUT2D eigenvalue weighted by Gasteiger charge is -2.06. The Labute approximate surface area is 123 Å². The van der Waals surface area contributed by atoms with E-state index in [1.807, 2.05) is 0 Å². The summed E-state index contributed by atoms with van der Waals surface area (Å²) in [5.41, 5.74) is 1.34. The summed E-state index contributed by atoms with van der Waals surface area (Å²) in [5, 5.41) is 0. The van der Waals surface area contributed by atoms with Gasteiger partial charge >= 0.3 is 0 Å². The standard InChI is InChI=1S/C13H10F2N4OS/c1-20-12-10-11(16-6-17-12)19(13(21)18-10)5-7-2-3-8(14)4-9(7)15/h2-4,6H,5H2,1H3,(H,18,21). The van der Waals surface area contributed by atoms with Crippen LogP contribution in [0.2, 0.25) is 0 Å². The van der Waals surface area contributed by atoms with Crippen LogP contribution in [-0.2, 0) is 6.54 Å². The minimum atomic E-state index is -0.632. The van der Waals surface area contributed by atoms with Crippen LogP contribution in [0.15, 0.2) is 24.5 Å². The molecule has 0 aliphatic heterocycles. The van der Waals surface area contributed by atoms with Crippen molar-refractivity contribution < 1.29 is 13.5 Å². The van der Waals surface area contributed by atoms with Gasteiger partial charge in [0.2, 0.25) is 5.88 Å². The molecule has 108 valence electrons. The second-order valence-electron chi connectivity index (χ2n) is 4.33. The highest BCUT2D eigenvalue weighted by Gasteiger charge is 2.13. The number of methoxy groups -OCH3 is 1. The van der Waals surface area contributed by atoms with Gasteiger partial charge in [-0.15, -0.1) is 0 Å². The fourth-order valence-corrected chi connectivity index (χ4v) is 2.32. The molecule has 0 bridgehead atoms. The number of nitrogens with one attached hydrogen (secondary N) is 1. The number of imidazole rings is 1. The fraction of sp³-hybridized carbons (Fsp3) is 0.154. The highest BCUT2D eigenvalue weighted by Crippen LogP contribution is 2.21. The van der Waals surface area contributed by atoms with Gasteiger partial charge in [0.1, 0.15) is 23.5 Å². The summed E-state index contributed by atoms with van der Waals surface area (Å²) in [7, 11) is 1.48. The van der Waals surface area contributed by atoms with Gasteiger partial charge in [0, 0.05) is 11.6 Å². The molecule has 0 saturated heterocycles. The van der Waals surface area contributed by atoms with E-state index in [2.05, 4.69) is 15.0 Å². The van der Waals surface area contributed by atoms with Gasteiger partial charge in [-0.25, -0.2) is 13.8 Å². The third kappa shape index (κ3) is 2.38. The number of halogens is 2. The van der Waals surface area contributed by atoms with E-state index in [-0.39, 0.29) is 6.54 Å². The molecule has 3 rings (SSSR count). The quantitative estimate of drug-likeness (QED) is 0.756. The van der Waals surface area contributed by atoms with E-state index in [1.165, 1.54) is 25.6 Å². The molecule has 0 spiro atoms. The van der Waals surface area contributed by atoms with Crippen LogP contribution in [0.25, 0.3) is 11.2 Å². The largest absolute Gasteiger partial charge is 0.479 e. The predicted molar refractivity (Wildman–Crippen MR) is 74.7 cm³/mol. The summed E-state index contributed by atoms with van der Waals surface area (Å²) < 4.78 is 33.8. The lowest BCUT2D eigenvalue weighted by Crippen LogP contribution is -2.03. The number of fused-ring (bicyclic) bond motifs is 1. The molecule has 0 fully saturated rings. The molecule has 1 aromatic carbocycles. The van der Waals surface area contributed by atoms with Gasteiger partial charge in [-0.05, 0) is 18.3 Å². The molecule has 21 heavy (non-hydrogen) atoms. The first kappa shape index (κ1) is 13.6. The molecule has 1 N–H and O–H groups in total. The molecule has 3 aromatic rings. The number of hydrogen-bond acceptors (Lipinski definition) is 4. The molecule has 0 amide bonds. The molecular formula is C13H10F2N4OS. The van der Waals surface area contributed by atoms with Gasteiger partial charge in [0.15, 0.2) is 10.4 Å². The van der Waals surface area contributed by atoms with Crippen molar-refractivity contribution in [3.05, 3.63) is 46.5 Å². The van der Waals surface area contributed by atoms with E-state index < -0.39 is 11.6 Å². The third-order valence-electron chi connectivity index (χ3n) is 3.06. The van der Waals surface area contributed by atoms with Gasteiger partial charge in [-0.2, -0.15) is 4.98 Å². The summed E-state index contributed by atoms with van der Waals surface area (Å²) in [6, 6.07) is 3.42. The van der Waals surface area contributed by atoms with Crippen LogP contribution in [0.4, 0.5) is 8.78 Å².